The molecule has 7 nitrogen and oxygen atoms in total. The number of likely N-dealkylation sites (tertiary alicyclic amines) is 1. The molecule has 1 N–H and O–H groups in total. The number of piperidine rings is 1. The Morgan fingerprint density at radius 1 is 1.03 bits per heavy atom. The van der Waals surface area contributed by atoms with Gasteiger partial charge in [-0.05, 0) is 49.7 Å². The lowest BCUT2D eigenvalue weighted by Crippen LogP contribution is -2.48. The highest BCUT2D eigenvalue weighted by atomic mass is 16.7. The second kappa shape index (κ2) is 12.5. The number of aliphatic hydroxyl groups is 1. The SMILES string of the molecule is CC1[C@@H](C)C(COC(=O)c2ccccc2)O[C@@H](OCCCCC(=O)N2CCC(O)CC2)[C@H]1C. The molecule has 0 spiro atoms. The number of aliphatic hydroxyl groups excluding tert-OH is 1. The molecule has 33 heavy (non-hydrogen) atoms. The molecule has 5 atom stereocenters. The Balaban J connectivity index is 1.39. The highest BCUT2D eigenvalue weighted by Crippen LogP contribution is 2.35. The van der Waals surface area contributed by atoms with E-state index in [1.54, 1.807) is 12.1 Å². The van der Waals surface area contributed by atoms with Crippen molar-refractivity contribution in [3.63, 3.8) is 0 Å². The summed E-state index contributed by atoms with van der Waals surface area (Å²) < 4.78 is 17.8. The Labute approximate surface area is 197 Å². The summed E-state index contributed by atoms with van der Waals surface area (Å²) in [5.74, 6) is 0.641. The van der Waals surface area contributed by atoms with E-state index in [9.17, 15) is 14.7 Å². The second-order valence-corrected chi connectivity index (χ2v) is 9.52. The molecule has 0 aliphatic carbocycles. The first-order valence-electron chi connectivity index (χ1n) is 12.3. The molecular formula is C26H39NO6. The lowest BCUT2D eigenvalue weighted by atomic mass is 9.79. The Bertz CT molecular complexity index is 748. The van der Waals surface area contributed by atoms with Crippen LogP contribution in [-0.4, -0.2) is 66.7 Å². The molecule has 2 fully saturated rings. The first kappa shape index (κ1) is 25.7. The first-order chi connectivity index (χ1) is 15.9. The van der Waals surface area contributed by atoms with Gasteiger partial charge in [0.1, 0.15) is 6.61 Å². The fourth-order valence-corrected chi connectivity index (χ4v) is 4.53. The topological polar surface area (TPSA) is 85.3 Å². The first-order valence-corrected chi connectivity index (χ1v) is 12.3. The minimum atomic E-state index is -0.351. The number of amides is 1. The number of benzene rings is 1. The smallest absolute Gasteiger partial charge is 0.338 e. The number of carbonyl (C=O) groups is 2. The standard InChI is InChI=1S/C26H39NO6/c1-18-19(2)23(17-32-25(30)21-9-5-4-6-10-21)33-26(20(18)3)31-16-8-7-11-24(29)27-14-12-22(28)13-15-27/h4-6,9-10,18-20,22-23,26,28H,7-8,11-17H2,1-3H3/t18?,19-,20+,23?,26-/m1/s1. The average Bonchev–Trinajstić information content (AvgIpc) is 2.83. The summed E-state index contributed by atoms with van der Waals surface area (Å²) in [6, 6.07) is 8.97. The molecular weight excluding hydrogens is 422 g/mol. The van der Waals surface area contributed by atoms with Crippen molar-refractivity contribution < 1.29 is 28.9 Å². The van der Waals surface area contributed by atoms with E-state index in [0.29, 0.717) is 50.4 Å². The molecule has 2 aliphatic heterocycles. The lowest BCUT2D eigenvalue weighted by molar-refractivity contribution is -0.254. The van der Waals surface area contributed by atoms with Crippen LogP contribution in [0.15, 0.2) is 30.3 Å². The highest BCUT2D eigenvalue weighted by Gasteiger charge is 2.40. The molecule has 3 rings (SSSR count). The number of hydrogen-bond donors (Lipinski definition) is 1. The molecule has 0 bridgehead atoms. The zero-order valence-corrected chi connectivity index (χ0v) is 20.2. The number of nitrogens with zero attached hydrogens (tertiary/aromatic N) is 1. The summed E-state index contributed by atoms with van der Waals surface area (Å²) in [7, 11) is 0. The molecule has 1 aromatic carbocycles. The van der Waals surface area contributed by atoms with Gasteiger partial charge in [-0.2, -0.15) is 0 Å². The molecule has 2 aliphatic rings. The van der Waals surface area contributed by atoms with Crippen LogP contribution in [0.4, 0.5) is 0 Å². The summed E-state index contributed by atoms with van der Waals surface area (Å²) in [5.41, 5.74) is 0.533. The third-order valence-corrected chi connectivity index (χ3v) is 7.26. The van der Waals surface area contributed by atoms with E-state index >= 15 is 0 Å². The van der Waals surface area contributed by atoms with Crippen LogP contribution in [0.5, 0.6) is 0 Å². The number of carbonyl (C=O) groups excluding carboxylic acids is 2. The van der Waals surface area contributed by atoms with Crippen LogP contribution < -0.4 is 0 Å². The van der Waals surface area contributed by atoms with E-state index < -0.39 is 0 Å². The summed E-state index contributed by atoms with van der Waals surface area (Å²) >= 11 is 0. The van der Waals surface area contributed by atoms with Gasteiger partial charge in [-0.1, -0.05) is 39.0 Å². The van der Waals surface area contributed by atoms with Gasteiger partial charge in [-0.15, -0.1) is 0 Å². The zero-order valence-electron chi connectivity index (χ0n) is 20.2. The number of hydrogen-bond acceptors (Lipinski definition) is 6. The molecule has 2 saturated heterocycles. The molecule has 0 aromatic heterocycles. The van der Waals surface area contributed by atoms with Crippen LogP contribution in [-0.2, 0) is 19.0 Å². The largest absolute Gasteiger partial charge is 0.459 e. The van der Waals surface area contributed by atoms with Crippen molar-refractivity contribution in [2.24, 2.45) is 17.8 Å². The van der Waals surface area contributed by atoms with E-state index in [2.05, 4.69) is 20.8 Å². The predicted octanol–water partition coefficient (Wildman–Crippen LogP) is 3.65. The van der Waals surface area contributed by atoms with Crippen LogP contribution in [0.2, 0.25) is 0 Å². The maximum Gasteiger partial charge on any atom is 0.338 e. The van der Waals surface area contributed by atoms with Gasteiger partial charge >= 0.3 is 5.97 Å². The molecule has 2 heterocycles. The van der Waals surface area contributed by atoms with E-state index in [1.165, 1.54) is 0 Å². The van der Waals surface area contributed by atoms with Gasteiger partial charge in [0.05, 0.1) is 17.8 Å². The maximum absolute atomic E-state index is 12.3. The van der Waals surface area contributed by atoms with Crippen LogP contribution in [0.1, 0.15) is 63.2 Å². The maximum atomic E-state index is 12.3. The highest BCUT2D eigenvalue weighted by molar-refractivity contribution is 5.89. The van der Waals surface area contributed by atoms with Gasteiger partial charge in [0, 0.05) is 32.0 Å². The van der Waals surface area contributed by atoms with Crippen molar-refractivity contribution in [1.82, 2.24) is 4.90 Å². The van der Waals surface area contributed by atoms with E-state index in [0.717, 1.165) is 12.8 Å². The third kappa shape index (κ3) is 7.26. The fraction of sp³-hybridized carbons (Fsp3) is 0.692. The van der Waals surface area contributed by atoms with Gasteiger partial charge < -0.3 is 24.2 Å². The number of rotatable bonds is 9. The quantitative estimate of drug-likeness (QED) is 0.446. The normalized spacial score (nSPS) is 28.5. The van der Waals surface area contributed by atoms with Crippen LogP contribution in [0.25, 0.3) is 0 Å². The second-order valence-electron chi connectivity index (χ2n) is 9.52. The summed E-state index contributed by atoms with van der Waals surface area (Å²) in [5, 5.41) is 9.58. The Hall–Kier alpha value is -1.96. The average molecular weight is 462 g/mol. The van der Waals surface area contributed by atoms with Crippen molar-refractivity contribution in [2.45, 2.75) is 71.4 Å². The monoisotopic (exact) mass is 461 g/mol. The zero-order chi connectivity index (χ0) is 23.8. The van der Waals surface area contributed by atoms with E-state index in [4.69, 9.17) is 14.2 Å². The van der Waals surface area contributed by atoms with Crippen molar-refractivity contribution in [3.8, 4) is 0 Å². The molecule has 184 valence electrons. The third-order valence-electron chi connectivity index (χ3n) is 7.26. The molecule has 1 aromatic rings. The Morgan fingerprint density at radius 3 is 2.42 bits per heavy atom. The fourth-order valence-electron chi connectivity index (χ4n) is 4.53. The lowest BCUT2D eigenvalue weighted by Gasteiger charge is -2.43. The van der Waals surface area contributed by atoms with Crippen molar-refractivity contribution in [1.29, 1.82) is 0 Å². The van der Waals surface area contributed by atoms with Crippen LogP contribution >= 0.6 is 0 Å². The number of unbranched alkanes of at least 4 members (excludes halogenated alkanes) is 1. The van der Waals surface area contributed by atoms with Crippen molar-refractivity contribution in [2.75, 3.05) is 26.3 Å². The van der Waals surface area contributed by atoms with Crippen molar-refractivity contribution >= 4 is 11.9 Å². The van der Waals surface area contributed by atoms with Gasteiger partial charge in [-0.3, -0.25) is 4.79 Å². The molecule has 2 unspecified atom stereocenters. The predicted molar refractivity (Wildman–Crippen MR) is 125 cm³/mol. The van der Waals surface area contributed by atoms with Gasteiger partial charge in [0.25, 0.3) is 0 Å². The Morgan fingerprint density at radius 2 is 1.73 bits per heavy atom. The van der Waals surface area contributed by atoms with Gasteiger partial charge in [0.15, 0.2) is 6.29 Å². The van der Waals surface area contributed by atoms with Gasteiger partial charge in [-0.25, -0.2) is 4.79 Å². The Kier molecular flexibility index (Phi) is 9.71. The summed E-state index contributed by atoms with van der Waals surface area (Å²) in [6.45, 7) is 8.47. The van der Waals surface area contributed by atoms with Crippen LogP contribution in [0.3, 0.4) is 0 Å². The molecule has 7 heteroatoms. The minimum Gasteiger partial charge on any atom is -0.459 e. The van der Waals surface area contributed by atoms with E-state index in [-0.39, 0.29) is 48.8 Å². The molecule has 0 saturated carbocycles. The van der Waals surface area contributed by atoms with Crippen molar-refractivity contribution in [3.05, 3.63) is 35.9 Å². The van der Waals surface area contributed by atoms with E-state index in [1.807, 2.05) is 23.1 Å². The molecule has 1 amide bonds. The number of ether oxygens (including phenoxy) is 3. The molecule has 0 radical (unpaired) electrons. The summed E-state index contributed by atoms with van der Waals surface area (Å²) in [4.78, 5) is 26.5. The minimum absolute atomic E-state index is 0.159. The van der Waals surface area contributed by atoms with Crippen LogP contribution in [0, 0.1) is 17.8 Å². The van der Waals surface area contributed by atoms with Gasteiger partial charge in [0.2, 0.25) is 5.91 Å². The summed E-state index contributed by atoms with van der Waals surface area (Å²) in [6.07, 6.45) is 2.56. The number of esters is 1.